The standard InChI is InChI=1S/C24H35N3O4/c1-17(25)21(22(28)29)15-26-19-12-9-13-20(14-19)31-16-24(2,3)23(30)27-18-10-7-5-4-6-8-11-18/h9,12-15,18H,4-8,10-11,16,25H2,1-3H3,(H,27,30)(H,28,29)/b21-17-,26-15-. The van der Waals surface area contributed by atoms with Crippen molar-refractivity contribution in [2.45, 2.75) is 71.8 Å². The monoisotopic (exact) mass is 429 g/mol. The number of nitrogens with one attached hydrogen (secondary N) is 1. The molecular formula is C24H35N3O4. The molecule has 0 bridgehead atoms. The first-order valence-corrected chi connectivity index (χ1v) is 11.0. The number of allylic oxidation sites excluding steroid dienone is 1. The minimum Gasteiger partial charge on any atom is -0.492 e. The average Bonchev–Trinajstić information content (AvgIpc) is 2.68. The van der Waals surface area contributed by atoms with Crippen molar-refractivity contribution < 1.29 is 19.4 Å². The zero-order valence-electron chi connectivity index (χ0n) is 18.8. The van der Waals surface area contributed by atoms with Gasteiger partial charge in [-0.05, 0) is 45.7 Å². The summed E-state index contributed by atoms with van der Waals surface area (Å²) >= 11 is 0. The van der Waals surface area contributed by atoms with Crippen LogP contribution >= 0.6 is 0 Å². The number of benzene rings is 1. The second-order valence-corrected chi connectivity index (χ2v) is 8.85. The summed E-state index contributed by atoms with van der Waals surface area (Å²) in [7, 11) is 0. The van der Waals surface area contributed by atoms with Gasteiger partial charge < -0.3 is 20.9 Å². The molecule has 1 aromatic rings. The molecule has 0 aromatic heterocycles. The van der Waals surface area contributed by atoms with Crippen LogP contribution in [0.5, 0.6) is 5.75 Å². The molecular weight excluding hydrogens is 394 g/mol. The van der Waals surface area contributed by atoms with Gasteiger partial charge in [-0.3, -0.25) is 9.79 Å². The fraction of sp³-hybridized carbons (Fsp3) is 0.542. The molecule has 0 spiro atoms. The number of hydrogen-bond acceptors (Lipinski definition) is 5. The molecule has 1 saturated carbocycles. The third kappa shape index (κ3) is 8.07. The largest absolute Gasteiger partial charge is 0.492 e. The van der Waals surface area contributed by atoms with E-state index in [-0.39, 0.29) is 29.8 Å². The molecule has 0 saturated heterocycles. The second kappa shape index (κ2) is 11.5. The van der Waals surface area contributed by atoms with Crippen molar-refractivity contribution in [2.75, 3.05) is 6.61 Å². The predicted molar refractivity (Wildman–Crippen MR) is 123 cm³/mol. The SMILES string of the molecule is C/C(N)=C(\C=N/c1cccc(OCC(C)(C)C(=O)NC2CCCCCCC2)c1)C(=O)O. The Kier molecular flexibility index (Phi) is 9.09. The zero-order chi connectivity index (χ0) is 22.9. The van der Waals surface area contributed by atoms with Crippen molar-refractivity contribution in [1.82, 2.24) is 5.32 Å². The fourth-order valence-electron chi connectivity index (χ4n) is 3.43. The molecule has 31 heavy (non-hydrogen) atoms. The number of nitrogens with two attached hydrogens (primary N) is 1. The van der Waals surface area contributed by atoms with Crippen LogP contribution in [0.4, 0.5) is 5.69 Å². The summed E-state index contributed by atoms with van der Waals surface area (Å²) in [5.74, 6) is -0.568. The van der Waals surface area contributed by atoms with Crippen LogP contribution in [0.25, 0.3) is 0 Å². The third-order valence-electron chi connectivity index (χ3n) is 5.47. The predicted octanol–water partition coefficient (Wildman–Crippen LogP) is 4.34. The molecule has 0 heterocycles. The lowest BCUT2D eigenvalue weighted by atomic mass is 9.91. The molecule has 2 rings (SSSR count). The highest BCUT2D eigenvalue weighted by molar-refractivity contribution is 6.09. The lowest BCUT2D eigenvalue weighted by Gasteiger charge is -2.28. The first kappa shape index (κ1) is 24.4. The van der Waals surface area contributed by atoms with Crippen LogP contribution in [0.1, 0.15) is 65.7 Å². The summed E-state index contributed by atoms with van der Waals surface area (Å²) < 4.78 is 5.88. The second-order valence-electron chi connectivity index (χ2n) is 8.85. The first-order valence-electron chi connectivity index (χ1n) is 11.0. The number of aliphatic carboxylic acids is 1. The zero-order valence-corrected chi connectivity index (χ0v) is 18.8. The van der Waals surface area contributed by atoms with Crippen LogP contribution in [0.3, 0.4) is 0 Å². The van der Waals surface area contributed by atoms with Gasteiger partial charge in [-0.15, -0.1) is 0 Å². The molecule has 1 aliphatic carbocycles. The first-order chi connectivity index (χ1) is 14.7. The van der Waals surface area contributed by atoms with Gasteiger partial charge in [0.2, 0.25) is 5.91 Å². The van der Waals surface area contributed by atoms with E-state index in [1.165, 1.54) is 32.4 Å². The highest BCUT2D eigenvalue weighted by atomic mass is 16.5. The molecule has 4 N–H and O–H groups in total. The number of carboxylic acid groups (broad SMARTS) is 1. The number of carbonyl (C=O) groups excluding carboxylic acids is 1. The van der Waals surface area contributed by atoms with E-state index in [9.17, 15) is 9.59 Å². The van der Waals surface area contributed by atoms with Crippen LogP contribution in [-0.4, -0.2) is 35.8 Å². The minimum absolute atomic E-state index is 0.00177. The van der Waals surface area contributed by atoms with Gasteiger partial charge in [0, 0.05) is 24.0 Å². The van der Waals surface area contributed by atoms with Gasteiger partial charge in [0.05, 0.1) is 16.7 Å². The van der Waals surface area contributed by atoms with Crippen molar-refractivity contribution in [3.05, 3.63) is 35.5 Å². The Labute approximate surface area is 184 Å². The van der Waals surface area contributed by atoms with Gasteiger partial charge in [-0.25, -0.2) is 4.79 Å². The van der Waals surface area contributed by atoms with E-state index in [1.807, 2.05) is 13.8 Å². The summed E-state index contributed by atoms with van der Waals surface area (Å²) in [6.07, 6.45) is 9.41. The van der Waals surface area contributed by atoms with Crippen molar-refractivity contribution in [1.29, 1.82) is 0 Å². The molecule has 7 nitrogen and oxygen atoms in total. The number of aliphatic imine (C=N–C) groups is 1. The third-order valence-corrected chi connectivity index (χ3v) is 5.47. The van der Waals surface area contributed by atoms with E-state index in [2.05, 4.69) is 10.3 Å². The molecule has 0 aliphatic heterocycles. The Hall–Kier alpha value is -2.83. The highest BCUT2D eigenvalue weighted by Gasteiger charge is 2.30. The summed E-state index contributed by atoms with van der Waals surface area (Å²) in [6, 6.07) is 7.23. The van der Waals surface area contributed by atoms with E-state index in [1.54, 1.807) is 24.3 Å². The van der Waals surface area contributed by atoms with Crippen molar-refractivity contribution in [3.8, 4) is 5.75 Å². The van der Waals surface area contributed by atoms with Crippen molar-refractivity contribution in [3.63, 3.8) is 0 Å². The van der Waals surface area contributed by atoms with E-state index < -0.39 is 11.4 Å². The van der Waals surface area contributed by atoms with E-state index in [0.29, 0.717) is 11.4 Å². The van der Waals surface area contributed by atoms with Crippen LogP contribution in [0, 0.1) is 5.41 Å². The summed E-state index contributed by atoms with van der Waals surface area (Å²) in [6.45, 7) is 5.49. The van der Waals surface area contributed by atoms with Crippen LogP contribution < -0.4 is 15.8 Å². The molecule has 0 unspecified atom stereocenters. The number of amides is 1. The number of carbonyl (C=O) groups is 2. The smallest absolute Gasteiger partial charge is 0.339 e. The van der Waals surface area contributed by atoms with Crippen LogP contribution in [0.15, 0.2) is 40.5 Å². The fourth-order valence-corrected chi connectivity index (χ4v) is 3.43. The Morgan fingerprint density at radius 1 is 1.23 bits per heavy atom. The lowest BCUT2D eigenvalue weighted by Crippen LogP contribution is -2.45. The number of nitrogens with zero attached hydrogens (tertiary/aromatic N) is 1. The molecule has 0 radical (unpaired) electrons. The molecule has 1 amide bonds. The Morgan fingerprint density at radius 2 is 1.87 bits per heavy atom. The maximum Gasteiger partial charge on any atom is 0.339 e. The lowest BCUT2D eigenvalue weighted by molar-refractivity contribution is -0.132. The van der Waals surface area contributed by atoms with Crippen molar-refractivity contribution >= 4 is 23.8 Å². The minimum atomic E-state index is -1.13. The van der Waals surface area contributed by atoms with Gasteiger partial charge in [0.15, 0.2) is 0 Å². The van der Waals surface area contributed by atoms with Gasteiger partial charge in [0.25, 0.3) is 0 Å². The van der Waals surface area contributed by atoms with E-state index in [0.717, 1.165) is 25.7 Å². The van der Waals surface area contributed by atoms with Crippen molar-refractivity contribution in [2.24, 2.45) is 16.1 Å². The molecule has 1 aliphatic rings. The summed E-state index contributed by atoms with van der Waals surface area (Å²) in [5.41, 5.74) is 5.56. The van der Waals surface area contributed by atoms with Gasteiger partial charge in [0.1, 0.15) is 12.4 Å². The maximum absolute atomic E-state index is 12.8. The molecule has 7 heteroatoms. The number of carboxylic acids is 1. The number of rotatable bonds is 8. The molecule has 170 valence electrons. The number of hydrogen-bond donors (Lipinski definition) is 3. The van der Waals surface area contributed by atoms with Gasteiger partial charge in [-0.2, -0.15) is 0 Å². The Morgan fingerprint density at radius 3 is 2.48 bits per heavy atom. The Balaban J connectivity index is 1.96. The highest BCUT2D eigenvalue weighted by Crippen LogP contribution is 2.24. The molecule has 1 aromatic carbocycles. The maximum atomic E-state index is 12.8. The van der Waals surface area contributed by atoms with Gasteiger partial charge in [-0.1, -0.05) is 38.2 Å². The normalized spacial score (nSPS) is 16.9. The summed E-state index contributed by atoms with van der Waals surface area (Å²) in [4.78, 5) is 28.2. The summed E-state index contributed by atoms with van der Waals surface area (Å²) in [5, 5.41) is 12.4. The quantitative estimate of drug-likeness (QED) is 0.420. The average molecular weight is 430 g/mol. The topological polar surface area (TPSA) is 114 Å². The number of ether oxygens (including phenoxy) is 1. The van der Waals surface area contributed by atoms with Gasteiger partial charge >= 0.3 is 5.97 Å². The van der Waals surface area contributed by atoms with Crippen LogP contribution in [-0.2, 0) is 9.59 Å². The van der Waals surface area contributed by atoms with E-state index >= 15 is 0 Å². The van der Waals surface area contributed by atoms with Crippen LogP contribution in [0.2, 0.25) is 0 Å². The van der Waals surface area contributed by atoms with E-state index in [4.69, 9.17) is 15.6 Å². The molecule has 0 atom stereocenters. The Bertz CT molecular complexity index is 818. The molecule has 1 fully saturated rings.